The first-order valence-corrected chi connectivity index (χ1v) is 6.15. The zero-order chi connectivity index (χ0) is 12.9. The van der Waals surface area contributed by atoms with E-state index in [1.54, 1.807) is 0 Å². The number of hydrogen-bond acceptors (Lipinski definition) is 2. The average molecular weight is 242 g/mol. The minimum atomic E-state index is -0.898. The van der Waals surface area contributed by atoms with E-state index in [2.05, 4.69) is 24.5 Å². The number of aliphatic carboxylic acids is 1. The second-order valence-corrected chi connectivity index (χ2v) is 5.48. The lowest BCUT2D eigenvalue weighted by Gasteiger charge is -2.34. The molecule has 2 amide bonds. The van der Waals surface area contributed by atoms with Crippen LogP contribution in [0.2, 0.25) is 0 Å². The summed E-state index contributed by atoms with van der Waals surface area (Å²) >= 11 is 0. The van der Waals surface area contributed by atoms with Crippen LogP contribution in [0.3, 0.4) is 0 Å². The number of urea groups is 1. The van der Waals surface area contributed by atoms with Crippen LogP contribution in [0.4, 0.5) is 4.79 Å². The van der Waals surface area contributed by atoms with Crippen LogP contribution >= 0.6 is 0 Å². The highest BCUT2D eigenvalue weighted by molar-refractivity contribution is 5.75. The molecular weight excluding hydrogens is 220 g/mol. The number of nitrogens with one attached hydrogen (secondary N) is 2. The van der Waals surface area contributed by atoms with Gasteiger partial charge in [-0.2, -0.15) is 0 Å². The zero-order valence-corrected chi connectivity index (χ0v) is 10.6. The third kappa shape index (κ3) is 5.56. The summed E-state index contributed by atoms with van der Waals surface area (Å²) in [6, 6.07) is -0.0243. The van der Waals surface area contributed by atoms with Crippen LogP contribution in [0.25, 0.3) is 0 Å². The molecule has 0 spiro atoms. The van der Waals surface area contributed by atoms with Crippen LogP contribution in [0.1, 0.15) is 46.0 Å². The molecule has 0 aliphatic heterocycles. The molecule has 3 N–H and O–H groups in total. The third-order valence-electron chi connectivity index (χ3n) is 3.30. The third-order valence-corrected chi connectivity index (χ3v) is 3.30. The highest BCUT2D eigenvalue weighted by atomic mass is 16.4. The molecule has 0 radical (unpaired) electrons. The van der Waals surface area contributed by atoms with E-state index in [9.17, 15) is 9.59 Å². The Morgan fingerprint density at radius 3 is 2.41 bits per heavy atom. The largest absolute Gasteiger partial charge is 0.481 e. The van der Waals surface area contributed by atoms with Crippen LogP contribution in [0.15, 0.2) is 0 Å². The number of hydrogen-bond donors (Lipinski definition) is 3. The molecule has 5 heteroatoms. The van der Waals surface area contributed by atoms with Crippen molar-refractivity contribution >= 4 is 12.0 Å². The van der Waals surface area contributed by atoms with Gasteiger partial charge in [0.15, 0.2) is 0 Å². The monoisotopic (exact) mass is 242 g/mol. The topological polar surface area (TPSA) is 78.4 Å². The molecule has 1 saturated carbocycles. The standard InChI is InChI=1S/C12H22N2O3/c1-12(2)6-3-9(4-7-12)14-11(17)13-8-5-10(15)16/h9H,3-8H2,1-2H3,(H,15,16)(H2,13,14,17). The van der Waals surface area contributed by atoms with E-state index in [4.69, 9.17) is 5.11 Å². The molecule has 1 aliphatic rings. The van der Waals surface area contributed by atoms with Crippen LogP contribution < -0.4 is 10.6 Å². The molecule has 5 nitrogen and oxygen atoms in total. The van der Waals surface area contributed by atoms with Crippen LogP contribution in [-0.4, -0.2) is 29.7 Å². The van der Waals surface area contributed by atoms with Gasteiger partial charge in [-0.3, -0.25) is 4.79 Å². The van der Waals surface area contributed by atoms with E-state index in [1.165, 1.54) is 0 Å². The Hall–Kier alpha value is -1.26. The van der Waals surface area contributed by atoms with Gasteiger partial charge in [-0.1, -0.05) is 13.8 Å². The van der Waals surface area contributed by atoms with E-state index in [1.807, 2.05) is 0 Å². The van der Waals surface area contributed by atoms with E-state index in [-0.39, 0.29) is 25.0 Å². The lowest BCUT2D eigenvalue weighted by atomic mass is 9.76. The first-order chi connectivity index (χ1) is 7.89. The summed E-state index contributed by atoms with van der Waals surface area (Å²) in [5.41, 5.74) is 0.387. The van der Waals surface area contributed by atoms with E-state index >= 15 is 0 Å². The van der Waals surface area contributed by atoms with Crippen molar-refractivity contribution in [3.63, 3.8) is 0 Å². The Kier molecular flexibility index (Phi) is 4.78. The van der Waals surface area contributed by atoms with Crippen LogP contribution in [0.5, 0.6) is 0 Å². The highest BCUT2D eigenvalue weighted by Gasteiger charge is 2.27. The summed E-state index contributed by atoms with van der Waals surface area (Å²) in [6.45, 7) is 4.67. The fourth-order valence-electron chi connectivity index (χ4n) is 2.06. The van der Waals surface area contributed by atoms with Gasteiger partial charge >= 0.3 is 12.0 Å². The SMILES string of the molecule is CC1(C)CCC(NC(=O)NCCC(=O)O)CC1. The van der Waals surface area contributed by atoms with Crippen molar-refractivity contribution in [2.75, 3.05) is 6.54 Å². The molecule has 0 atom stereocenters. The van der Waals surface area contributed by atoms with Crippen LogP contribution in [0, 0.1) is 5.41 Å². The maximum absolute atomic E-state index is 11.4. The van der Waals surface area contributed by atoms with E-state index < -0.39 is 5.97 Å². The molecular formula is C12H22N2O3. The Morgan fingerprint density at radius 2 is 1.88 bits per heavy atom. The van der Waals surface area contributed by atoms with Crippen molar-refractivity contribution in [2.45, 2.75) is 52.0 Å². The summed E-state index contributed by atoms with van der Waals surface area (Å²) < 4.78 is 0. The van der Waals surface area contributed by atoms with E-state index in [0.717, 1.165) is 25.7 Å². The molecule has 0 bridgehead atoms. The molecule has 1 rings (SSSR count). The fourth-order valence-corrected chi connectivity index (χ4v) is 2.06. The van der Waals surface area contributed by atoms with Gasteiger partial charge in [0.2, 0.25) is 0 Å². The van der Waals surface area contributed by atoms with Gasteiger partial charge in [-0.25, -0.2) is 4.79 Å². The van der Waals surface area contributed by atoms with Gasteiger partial charge in [-0.15, -0.1) is 0 Å². The summed E-state index contributed by atoms with van der Waals surface area (Å²) in [7, 11) is 0. The lowest BCUT2D eigenvalue weighted by molar-refractivity contribution is -0.136. The smallest absolute Gasteiger partial charge is 0.315 e. The zero-order valence-electron chi connectivity index (χ0n) is 10.6. The Morgan fingerprint density at radius 1 is 1.29 bits per heavy atom. The van der Waals surface area contributed by atoms with Crippen molar-refractivity contribution in [2.24, 2.45) is 5.41 Å². The van der Waals surface area contributed by atoms with Crippen LogP contribution in [-0.2, 0) is 4.79 Å². The Balaban J connectivity index is 2.17. The summed E-state index contributed by atoms with van der Waals surface area (Å²) in [5.74, 6) is -0.898. The van der Waals surface area contributed by atoms with Gasteiger partial charge in [0, 0.05) is 12.6 Å². The fraction of sp³-hybridized carbons (Fsp3) is 0.833. The predicted octanol–water partition coefficient (Wildman–Crippen LogP) is 1.73. The van der Waals surface area contributed by atoms with Crippen molar-refractivity contribution in [1.82, 2.24) is 10.6 Å². The molecule has 0 saturated heterocycles. The molecule has 1 aliphatic carbocycles. The minimum Gasteiger partial charge on any atom is -0.481 e. The minimum absolute atomic E-state index is 0.0366. The average Bonchev–Trinajstić information content (AvgIpc) is 2.21. The molecule has 1 fully saturated rings. The number of carbonyl (C=O) groups excluding carboxylic acids is 1. The summed E-state index contributed by atoms with van der Waals surface area (Å²) in [5, 5.41) is 13.9. The number of amides is 2. The Labute approximate surface area is 102 Å². The van der Waals surface area contributed by atoms with Gasteiger partial charge in [0.25, 0.3) is 0 Å². The second kappa shape index (κ2) is 5.89. The number of carboxylic acid groups (broad SMARTS) is 1. The number of carbonyl (C=O) groups is 2. The maximum Gasteiger partial charge on any atom is 0.315 e. The normalized spacial score (nSPS) is 19.6. The van der Waals surface area contributed by atoms with E-state index in [0.29, 0.717) is 5.41 Å². The van der Waals surface area contributed by atoms with Gasteiger partial charge < -0.3 is 15.7 Å². The number of rotatable bonds is 4. The highest BCUT2D eigenvalue weighted by Crippen LogP contribution is 2.34. The molecule has 17 heavy (non-hydrogen) atoms. The van der Waals surface area contributed by atoms with Gasteiger partial charge in [-0.05, 0) is 31.1 Å². The Bertz CT molecular complexity index is 279. The summed E-state index contributed by atoms with van der Waals surface area (Å²) in [6.07, 6.45) is 4.20. The first-order valence-electron chi connectivity index (χ1n) is 6.15. The molecule has 0 aromatic carbocycles. The first kappa shape index (κ1) is 13.8. The van der Waals surface area contributed by atoms with Crippen molar-refractivity contribution in [3.05, 3.63) is 0 Å². The second-order valence-electron chi connectivity index (χ2n) is 5.48. The number of carboxylic acids is 1. The van der Waals surface area contributed by atoms with Crippen molar-refractivity contribution < 1.29 is 14.7 Å². The quantitative estimate of drug-likeness (QED) is 0.702. The molecule has 98 valence electrons. The van der Waals surface area contributed by atoms with Gasteiger partial charge in [0.05, 0.1) is 6.42 Å². The molecule has 0 heterocycles. The van der Waals surface area contributed by atoms with Crippen molar-refractivity contribution in [1.29, 1.82) is 0 Å². The molecule has 0 aromatic heterocycles. The maximum atomic E-state index is 11.4. The van der Waals surface area contributed by atoms with Crippen molar-refractivity contribution in [3.8, 4) is 0 Å². The predicted molar refractivity (Wildman–Crippen MR) is 64.8 cm³/mol. The molecule has 0 aromatic rings. The summed E-state index contributed by atoms with van der Waals surface area (Å²) in [4.78, 5) is 21.7. The van der Waals surface area contributed by atoms with Gasteiger partial charge in [0.1, 0.15) is 0 Å². The molecule has 0 unspecified atom stereocenters. The lowest BCUT2D eigenvalue weighted by Crippen LogP contribution is -2.44.